The van der Waals surface area contributed by atoms with Crippen molar-refractivity contribution in [1.29, 1.82) is 0 Å². The highest BCUT2D eigenvalue weighted by Gasteiger charge is 2.20. The minimum Gasteiger partial charge on any atom is -0.346 e. The summed E-state index contributed by atoms with van der Waals surface area (Å²) in [5.41, 5.74) is 9.91. The van der Waals surface area contributed by atoms with Crippen molar-refractivity contribution in [1.82, 2.24) is 29.7 Å². The molecule has 0 aliphatic carbocycles. The number of nitrogens with zero attached hydrogens (tertiary/aromatic N) is 5. The summed E-state index contributed by atoms with van der Waals surface area (Å²) in [6, 6.07) is 11.2. The lowest BCUT2D eigenvalue weighted by Gasteiger charge is -2.24. The van der Waals surface area contributed by atoms with Crippen LogP contribution in [0.2, 0.25) is 0 Å². The predicted octanol–water partition coefficient (Wildman–Crippen LogP) is 2.26. The smallest absolute Gasteiger partial charge is 0.251 e. The number of carbonyl (C=O) groups excluding carboxylic acids is 1. The minimum absolute atomic E-state index is 0.167. The van der Waals surface area contributed by atoms with Gasteiger partial charge in [-0.15, -0.1) is 0 Å². The van der Waals surface area contributed by atoms with Gasteiger partial charge in [0.1, 0.15) is 0 Å². The molecule has 4 aromatic rings. The summed E-state index contributed by atoms with van der Waals surface area (Å²) in [5.74, 6) is -0.167. The molecule has 8 heteroatoms. The van der Waals surface area contributed by atoms with Gasteiger partial charge >= 0.3 is 0 Å². The number of hydrogen-bond donors (Lipinski definition) is 2. The molecular formula is C21H23N7O. The minimum atomic E-state index is -0.476. The highest BCUT2D eigenvalue weighted by atomic mass is 16.1. The van der Waals surface area contributed by atoms with E-state index in [1.807, 2.05) is 57.4 Å². The first kappa shape index (κ1) is 18.8. The zero-order valence-electron chi connectivity index (χ0n) is 16.6. The molecule has 3 heterocycles. The molecule has 0 unspecified atom stereocenters. The molecule has 3 N–H and O–H groups in total. The van der Waals surface area contributed by atoms with E-state index in [2.05, 4.69) is 15.4 Å². The lowest BCUT2D eigenvalue weighted by Crippen LogP contribution is -2.48. The molecule has 0 aliphatic heterocycles. The predicted molar refractivity (Wildman–Crippen MR) is 111 cm³/mol. The monoisotopic (exact) mass is 389 g/mol. The second-order valence-electron chi connectivity index (χ2n) is 7.66. The standard InChI is InChI=1S/C21H23N7O/c1-21(2,13-22)25-20(29)15-6-4-5-14(9-15)18-11-23-19-8-7-17(26-28(18)19)16-10-24-27(3)12-16/h4-12H,13,22H2,1-3H3,(H,25,29). The van der Waals surface area contributed by atoms with Crippen LogP contribution in [0.25, 0.3) is 28.2 Å². The summed E-state index contributed by atoms with van der Waals surface area (Å²) in [5, 5.41) is 11.9. The molecule has 0 bridgehead atoms. The van der Waals surface area contributed by atoms with E-state index in [4.69, 9.17) is 10.8 Å². The maximum atomic E-state index is 12.6. The molecule has 8 nitrogen and oxygen atoms in total. The molecule has 1 amide bonds. The second kappa shape index (κ2) is 7.14. The molecule has 0 atom stereocenters. The fraction of sp³-hybridized carbons (Fsp3) is 0.238. The molecule has 0 fully saturated rings. The quantitative estimate of drug-likeness (QED) is 0.545. The highest BCUT2D eigenvalue weighted by Crippen LogP contribution is 2.23. The Bertz CT molecular complexity index is 1190. The maximum absolute atomic E-state index is 12.6. The lowest BCUT2D eigenvalue weighted by molar-refractivity contribution is 0.0915. The van der Waals surface area contributed by atoms with E-state index < -0.39 is 5.54 Å². The summed E-state index contributed by atoms with van der Waals surface area (Å²) in [6.45, 7) is 4.14. The van der Waals surface area contributed by atoms with Crippen LogP contribution < -0.4 is 11.1 Å². The van der Waals surface area contributed by atoms with E-state index in [0.29, 0.717) is 12.1 Å². The fourth-order valence-electron chi connectivity index (χ4n) is 3.03. The number of imidazole rings is 1. The van der Waals surface area contributed by atoms with Crippen LogP contribution in [-0.4, -0.2) is 42.4 Å². The van der Waals surface area contributed by atoms with E-state index in [9.17, 15) is 4.79 Å². The van der Waals surface area contributed by atoms with Crippen molar-refractivity contribution in [2.45, 2.75) is 19.4 Å². The summed E-state index contributed by atoms with van der Waals surface area (Å²) in [7, 11) is 1.87. The average molecular weight is 389 g/mol. The number of nitrogens with one attached hydrogen (secondary N) is 1. The average Bonchev–Trinajstić information content (AvgIpc) is 3.33. The SMILES string of the molecule is Cn1cc(-c2ccc3ncc(-c4cccc(C(=O)NC(C)(C)CN)c4)n3n2)cn1. The molecule has 148 valence electrons. The third-order valence-electron chi connectivity index (χ3n) is 4.75. The van der Waals surface area contributed by atoms with Crippen molar-refractivity contribution in [2.24, 2.45) is 12.8 Å². The van der Waals surface area contributed by atoms with Gasteiger partial charge in [-0.25, -0.2) is 9.50 Å². The van der Waals surface area contributed by atoms with Gasteiger partial charge in [0.15, 0.2) is 5.65 Å². The van der Waals surface area contributed by atoms with Crippen LogP contribution in [0.3, 0.4) is 0 Å². The van der Waals surface area contributed by atoms with Crippen LogP contribution >= 0.6 is 0 Å². The number of rotatable bonds is 5. The van der Waals surface area contributed by atoms with E-state index in [-0.39, 0.29) is 5.91 Å². The molecule has 1 aromatic carbocycles. The van der Waals surface area contributed by atoms with Gasteiger partial charge in [-0.05, 0) is 38.1 Å². The third-order valence-corrected chi connectivity index (χ3v) is 4.75. The Morgan fingerprint density at radius 2 is 2.00 bits per heavy atom. The number of aromatic nitrogens is 5. The van der Waals surface area contributed by atoms with Crippen molar-refractivity contribution >= 4 is 11.6 Å². The number of amides is 1. The second-order valence-corrected chi connectivity index (χ2v) is 7.66. The largest absolute Gasteiger partial charge is 0.346 e. The van der Waals surface area contributed by atoms with Gasteiger partial charge in [0.2, 0.25) is 0 Å². The Balaban J connectivity index is 1.72. The van der Waals surface area contributed by atoms with E-state index in [0.717, 1.165) is 28.2 Å². The summed E-state index contributed by atoms with van der Waals surface area (Å²) >= 11 is 0. The van der Waals surface area contributed by atoms with Gasteiger partial charge < -0.3 is 11.1 Å². The molecule has 0 saturated carbocycles. The Morgan fingerprint density at radius 1 is 1.17 bits per heavy atom. The number of nitrogens with two attached hydrogens (primary N) is 1. The van der Waals surface area contributed by atoms with Crippen LogP contribution in [0, 0.1) is 0 Å². The topological polar surface area (TPSA) is 103 Å². The van der Waals surface area contributed by atoms with Crippen LogP contribution in [0.1, 0.15) is 24.2 Å². The van der Waals surface area contributed by atoms with Crippen molar-refractivity contribution < 1.29 is 4.79 Å². The van der Waals surface area contributed by atoms with E-state index in [1.54, 1.807) is 27.7 Å². The summed E-state index contributed by atoms with van der Waals surface area (Å²) in [6.07, 6.45) is 5.44. The molecule has 0 saturated heterocycles. The fourth-order valence-corrected chi connectivity index (χ4v) is 3.03. The molecule has 0 spiro atoms. The Morgan fingerprint density at radius 3 is 2.72 bits per heavy atom. The van der Waals surface area contributed by atoms with Crippen molar-refractivity contribution in [3.8, 4) is 22.5 Å². The van der Waals surface area contributed by atoms with Gasteiger partial charge in [0.25, 0.3) is 5.91 Å². The molecular weight excluding hydrogens is 366 g/mol. The zero-order chi connectivity index (χ0) is 20.6. The van der Waals surface area contributed by atoms with Gasteiger partial charge in [-0.1, -0.05) is 12.1 Å². The normalized spacial score (nSPS) is 11.7. The van der Waals surface area contributed by atoms with Crippen molar-refractivity contribution in [3.63, 3.8) is 0 Å². The van der Waals surface area contributed by atoms with Gasteiger partial charge in [0.05, 0.1) is 23.8 Å². The van der Waals surface area contributed by atoms with E-state index in [1.165, 1.54) is 0 Å². The number of hydrogen-bond acceptors (Lipinski definition) is 5. The van der Waals surface area contributed by atoms with Crippen LogP contribution in [0.5, 0.6) is 0 Å². The van der Waals surface area contributed by atoms with Crippen LogP contribution in [0.4, 0.5) is 0 Å². The summed E-state index contributed by atoms with van der Waals surface area (Å²) in [4.78, 5) is 17.1. The molecule has 4 rings (SSSR count). The number of benzene rings is 1. The van der Waals surface area contributed by atoms with Gasteiger partial charge in [-0.3, -0.25) is 9.48 Å². The van der Waals surface area contributed by atoms with E-state index >= 15 is 0 Å². The number of carbonyl (C=O) groups is 1. The number of aryl methyl sites for hydroxylation is 1. The molecule has 0 aliphatic rings. The maximum Gasteiger partial charge on any atom is 0.251 e. The van der Waals surface area contributed by atoms with Crippen molar-refractivity contribution in [2.75, 3.05) is 6.54 Å². The van der Waals surface area contributed by atoms with Gasteiger partial charge in [-0.2, -0.15) is 10.2 Å². The molecule has 3 aromatic heterocycles. The first-order chi connectivity index (χ1) is 13.9. The van der Waals surface area contributed by atoms with Crippen molar-refractivity contribution in [3.05, 3.63) is 60.6 Å². The zero-order valence-corrected chi connectivity index (χ0v) is 16.6. The first-order valence-corrected chi connectivity index (χ1v) is 9.33. The molecule has 0 radical (unpaired) electrons. The number of fused-ring (bicyclic) bond motifs is 1. The first-order valence-electron chi connectivity index (χ1n) is 9.33. The third kappa shape index (κ3) is 3.74. The lowest BCUT2D eigenvalue weighted by atomic mass is 10.0. The Hall–Kier alpha value is -3.52. The molecule has 29 heavy (non-hydrogen) atoms. The van der Waals surface area contributed by atoms with Gasteiger partial charge in [0, 0.05) is 42.0 Å². The highest BCUT2D eigenvalue weighted by molar-refractivity contribution is 5.95. The van der Waals surface area contributed by atoms with Crippen LogP contribution in [-0.2, 0) is 7.05 Å². The Kier molecular flexibility index (Phi) is 4.63. The Labute approximate surface area is 168 Å². The summed E-state index contributed by atoms with van der Waals surface area (Å²) < 4.78 is 3.52. The van der Waals surface area contributed by atoms with Crippen LogP contribution in [0.15, 0.2) is 55.0 Å².